The summed E-state index contributed by atoms with van der Waals surface area (Å²) in [4.78, 5) is 12.5. The number of amides is 1. The molecule has 0 saturated heterocycles. The van der Waals surface area contributed by atoms with Gasteiger partial charge in [-0.1, -0.05) is 51.3 Å². The summed E-state index contributed by atoms with van der Waals surface area (Å²) in [5, 5.41) is 3.03. The van der Waals surface area contributed by atoms with Gasteiger partial charge in [-0.15, -0.1) is 0 Å². The number of anilines is 1. The van der Waals surface area contributed by atoms with E-state index >= 15 is 0 Å². The monoisotopic (exact) mass is 380 g/mol. The smallest absolute Gasteiger partial charge is 0.225 e. The van der Waals surface area contributed by atoms with Crippen molar-refractivity contribution in [2.45, 2.75) is 71.3 Å². The fourth-order valence-electron chi connectivity index (χ4n) is 3.80. The van der Waals surface area contributed by atoms with Crippen LogP contribution in [0.3, 0.4) is 0 Å². The minimum atomic E-state index is -3.31. The normalized spacial score (nSPS) is 16.0. The first-order chi connectivity index (χ1) is 12.4. The van der Waals surface area contributed by atoms with Crippen LogP contribution in [0.2, 0.25) is 0 Å². The Kier molecular flexibility index (Phi) is 7.65. The second kappa shape index (κ2) is 9.51. The highest BCUT2D eigenvalue weighted by Gasteiger charge is 2.28. The van der Waals surface area contributed by atoms with E-state index in [1.165, 1.54) is 17.0 Å². The van der Waals surface area contributed by atoms with Crippen molar-refractivity contribution in [2.24, 2.45) is 0 Å². The first-order valence-corrected chi connectivity index (χ1v) is 11.6. The first kappa shape index (κ1) is 20.9. The van der Waals surface area contributed by atoms with Gasteiger partial charge in [-0.2, -0.15) is 4.31 Å². The molecule has 1 N–H and O–H groups in total. The molecule has 1 fully saturated rings. The van der Waals surface area contributed by atoms with Crippen molar-refractivity contribution < 1.29 is 13.2 Å². The number of hydrogen-bond donors (Lipinski definition) is 1. The highest BCUT2D eigenvalue weighted by Crippen LogP contribution is 2.25. The molecule has 0 heterocycles. The zero-order valence-electron chi connectivity index (χ0n) is 16.3. The van der Waals surface area contributed by atoms with E-state index in [1.807, 2.05) is 18.2 Å². The molecule has 1 aromatic rings. The molecule has 1 aliphatic rings. The average Bonchev–Trinajstić information content (AvgIpc) is 2.61. The Labute approximate surface area is 158 Å². The molecule has 0 aliphatic heterocycles. The van der Waals surface area contributed by atoms with Crippen molar-refractivity contribution in [3.8, 4) is 0 Å². The maximum Gasteiger partial charge on any atom is 0.225 e. The Bertz CT molecular complexity index is 688. The molecule has 1 aliphatic carbocycles. The van der Waals surface area contributed by atoms with Gasteiger partial charge in [0.15, 0.2) is 0 Å². The van der Waals surface area contributed by atoms with E-state index < -0.39 is 10.0 Å². The molecule has 0 bridgehead atoms. The van der Waals surface area contributed by atoms with Crippen molar-refractivity contribution in [1.82, 2.24) is 4.31 Å². The fraction of sp³-hybridized carbons (Fsp3) is 0.650. The zero-order chi connectivity index (χ0) is 19.2. The van der Waals surface area contributed by atoms with Gasteiger partial charge in [-0.25, -0.2) is 8.42 Å². The second-order valence-corrected chi connectivity index (χ2v) is 9.06. The standard InChI is InChI=1S/C20H32N2O3S/c1-4-16-10-9-11-17(5-2)20(16)21-19(23)14-15-22(26(3,24)25)18-12-7-6-8-13-18/h9-11,18H,4-8,12-15H2,1-3H3,(H,21,23). The Balaban J connectivity index is 2.05. The number of carbonyl (C=O) groups is 1. The first-order valence-electron chi connectivity index (χ1n) is 9.74. The summed E-state index contributed by atoms with van der Waals surface area (Å²) in [6, 6.07) is 6.11. The molecule has 146 valence electrons. The Morgan fingerprint density at radius 1 is 1.12 bits per heavy atom. The van der Waals surface area contributed by atoms with Crippen molar-refractivity contribution in [2.75, 3.05) is 18.1 Å². The number of nitrogens with one attached hydrogen (secondary N) is 1. The summed E-state index contributed by atoms with van der Waals surface area (Å²) in [6.07, 6.45) is 8.22. The molecule has 6 heteroatoms. The van der Waals surface area contributed by atoms with Gasteiger partial charge in [0.1, 0.15) is 0 Å². The van der Waals surface area contributed by atoms with E-state index in [-0.39, 0.29) is 24.9 Å². The third kappa shape index (κ3) is 5.55. The summed E-state index contributed by atoms with van der Waals surface area (Å²) < 4.78 is 25.9. The number of aryl methyl sites for hydroxylation is 2. The van der Waals surface area contributed by atoms with Crippen LogP contribution in [-0.4, -0.2) is 37.5 Å². The third-order valence-corrected chi connectivity index (χ3v) is 6.56. The van der Waals surface area contributed by atoms with Gasteiger partial charge in [0.05, 0.1) is 6.26 Å². The zero-order valence-corrected chi connectivity index (χ0v) is 17.1. The quantitative estimate of drug-likeness (QED) is 0.747. The van der Waals surface area contributed by atoms with E-state index in [4.69, 9.17) is 0 Å². The van der Waals surface area contributed by atoms with Crippen LogP contribution >= 0.6 is 0 Å². The van der Waals surface area contributed by atoms with E-state index in [9.17, 15) is 13.2 Å². The van der Waals surface area contributed by atoms with Gasteiger partial charge in [-0.05, 0) is 36.8 Å². The maximum atomic E-state index is 12.5. The molecule has 0 radical (unpaired) electrons. The number of nitrogens with zero attached hydrogens (tertiary/aromatic N) is 1. The Morgan fingerprint density at radius 2 is 1.69 bits per heavy atom. The van der Waals surface area contributed by atoms with Crippen LogP contribution in [0.25, 0.3) is 0 Å². The Morgan fingerprint density at radius 3 is 2.19 bits per heavy atom. The molecular formula is C20H32N2O3S. The molecule has 1 saturated carbocycles. The number of sulfonamides is 1. The highest BCUT2D eigenvalue weighted by molar-refractivity contribution is 7.88. The van der Waals surface area contributed by atoms with Gasteiger partial charge < -0.3 is 5.32 Å². The summed E-state index contributed by atoms with van der Waals surface area (Å²) in [6.45, 7) is 4.39. The van der Waals surface area contributed by atoms with Crippen molar-refractivity contribution in [3.63, 3.8) is 0 Å². The van der Waals surface area contributed by atoms with Crippen LogP contribution in [0.15, 0.2) is 18.2 Å². The van der Waals surface area contributed by atoms with E-state index in [2.05, 4.69) is 19.2 Å². The number of benzene rings is 1. The van der Waals surface area contributed by atoms with Crippen molar-refractivity contribution >= 4 is 21.6 Å². The predicted molar refractivity (Wildman–Crippen MR) is 107 cm³/mol. The molecule has 0 unspecified atom stereocenters. The van der Waals surface area contributed by atoms with Crippen molar-refractivity contribution in [3.05, 3.63) is 29.3 Å². The number of carbonyl (C=O) groups excluding carboxylic acids is 1. The Hall–Kier alpha value is -1.40. The lowest BCUT2D eigenvalue weighted by molar-refractivity contribution is -0.116. The van der Waals surface area contributed by atoms with Gasteiger partial charge >= 0.3 is 0 Å². The van der Waals surface area contributed by atoms with Crippen LogP contribution in [0.1, 0.15) is 63.5 Å². The van der Waals surface area contributed by atoms with Crippen LogP contribution < -0.4 is 5.32 Å². The average molecular weight is 381 g/mol. The summed E-state index contributed by atoms with van der Waals surface area (Å²) >= 11 is 0. The van der Waals surface area contributed by atoms with Crippen molar-refractivity contribution in [1.29, 1.82) is 0 Å². The van der Waals surface area contributed by atoms with Crippen LogP contribution in [0.5, 0.6) is 0 Å². The highest BCUT2D eigenvalue weighted by atomic mass is 32.2. The minimum Gasteiger partial charge on any atom is -0.326 e. The molecule has 0 atom stereocenters. The van der Waals surface area contributed by atoms with Crippen LogP contribution in [-0.2, 0) is 27.7 Å². The van der Waals surface area contributed by atoms with Gasteiger partial charge in [-0.3, -0.25) is 4.79 Å². The van der Waals surface area contributed by atoms with E-state index in [1.54, 1.807) is 0 Å². The third-order valence-electron chi connectivity index (χ3n) is 5.23. The number of hydrogen-bond acceptors (Lipinski definition) is 3. The molecule has 1 aromatic carbocycles. The molecule has 0 aromatic heterocycles. The molecule has 26 heavy (non-hydrogen) atoms. The van der Waals surface area contributed by atoms with Gasteiger partial charge in [0, 0.05) is 24.7 Å². The molecule has 0 spiro atoms. The van der Waals surface area contributed by atoms with Crippen LogP contribution in [0.4, 0.5) is 5.69 Å². The van der Waals surface area contributed by atoms with Gasteiger partial charge in [0.25, 0.3) is 0 Å². The van der Waals surface area contributed by atoms with E-state index in [0.717, 1.165) is 55.3 Å². The number of rotatable bonds is 8. The lowest BCUT2D eigenvalue weighted by atomic mass is 9.95. The molecular weight excluding hydrogens is 348 g/mol. The SMILES string of the molecule is CCc1cccc(CC)c1NC(=O)CCN(C1CCCCC1)S(C)(=O)=O. The van der Waals surface area contributed by atoms with Crippen LogP contribution in [0, 0.1) is 0 Å². The predicted octanol–water partition coefficient (Wildman–Crippen LogP) is 3.73. The summed E-state index contributed by atoms with van der Waals surface area (Å²) in [5.74, 6) is -0.120. The summed E-state index contributed by atoms with van der Waals surface area (Å²) in [7, 11) is -3.31. The topological polar surface area (TPSA) is 66.5 Å². The summed E-state index contributed by atoms with van der Waals surface area (Å²) in [5.41, 5.74) is 3.13. The maximum absolute atomic E-state index is 12.5. The van der Waals surface area contributed by atoms with Gasteiger partial charge in [0.2, 0.25) is 15.9 Å². The fourth-order valence-corrected chi connectivity index (χ4v) is 4.98. The molecule has 5 nitrogen and oxygen atoms in total. The molecule has 2 rings (SSSR count). The lowest BCUT2D eigenvalue weighted by Crippen LogP contribution is -2.42. The largest absolute Gasteiger partial charge is 0.326 e. The number of para-hydroxylation sites is 1. The minimum absolute atomic E-state index is 0.0423. The lowest BCUT2D eigenvalue weighted by Gasteiger charge is -2.32. The second-order valence-electron chi connectivity index (χ2n) is 7.12. The molecule has 1 amide bonds. The van der Waals surface area contributed by atoms with E-state index in [0.29, 0.717) is 0 Å².